The monoisotopic (exact) mass is 325 g/mol. The minimum atomic E-state index is -0.118. The summed E-state index contributed by atoms with van der Waals surface area (Å²) in [5, 5.41) is 8.55. The number of fused-ring (bicyclic) bond motifs is 1. The number of anilines is 1. The summed E-state index contributed by atoms with van der Waals surface area (Å²) in [5.74, 6) is 1.51. The molecule has 1 amide bonds. The second-order valence-corrected chi connectivity index (χ2v) is 5.82. The van der Waals surface area contributed by atoms with Crippen molar-refractivity contribution in [2.24, 2.45) is 0 Å². The van der Waals surface area contributed by atoms with Crippen molar-refractivity contribution in [3.8, 4) is 0 Å². The molecular weight excluding hydrogens is 306 g/mol. The molecule has 3 aromatic rings. The summed E-state index contributed by atoms with van der Waals surface area (Å²) < 4.78 is 5.35. The maximum Gasteiger partial charge on any atom is 0.254 e. The number of aromatic nitrogens is 3. The Hall–Kier alpha value is -2.96. The van der Waals surface area contributed by atoms with Gasteiger partial charge in [-0.15, -0.1) is 10.2 Å². The Morgan fingerprint density at radius 1 is 1.17 bits per heavy atom. The molecule has 24 heavy (non-hydrogen) atoms. The van der Waals surface area contributed by atoms with E-state index in [-0.39, 0.29) is 12.5 Å². The minimum absolute atomic E-state index is 0.118. The van der Waals surface area contributed by atoms with Crippen LogP contribution in [0.1, 0.15) is 22.1 Å². The van der Waals surface area contributed by atoms with Gasteiger partial charge in [0.1, 0.15) is 5.82 Å². The molecule has 1 aromatic carbocycles. The summed E-state index contributed by atoms with van der Waals surface area (Å²) in [7, 11) is 5.51. The highest BCUT2D eigenvalue weighted by Crippen LogP contribution is 2.23. The van der Waals surface area contributed by atoms with E-state index < -0.39 is 0 Å². The summed E-state index contributed by atoms with van der Waals surface area (Å²) in [4.78, 5) is 21.0. The van der Waals surface area contributed by atoms with Crippen molar-refractivity contribution in [1.29, 1.82) is 0 Å². The van der Waals surface area contributed by atoms with Crippen LogP contribution in [-0.4, -0.2) is 47.1 Å². The second kappa shape index (κ2) is 6.27. The standard InChI is InChI=1S/C17H19N5O2/c1-11-19-20-16(24-11)10-22(4)17(23)13-9-15(21(2)3)18-14-8-6-5-7-12(13)14/h5-9H,10H2,1-4H3. The Morgan fingerprint density at radius 3 is 2.58 bits per heavy atom. The number of nitrogens with zero attached hydrogens (tertiary/aromatic N) is 5. The van der Waals surface area contributed by atoms with Gasteiger partial charge in [-0.25, -0.2) is 4.98 Å². The van der Waals surface area contributed by atoms with E-state index in [2.05, 4.69) is 15.2 Å². The van der Waals surface area contributed by atoms with Gasteiger partial charge in [0.25, 0.3) is 5.91 Å². The molecule has 0 aliphatic rings. The van der Waals surface area contributed by atoms with E-state index in [0.717, 1.165) is 16.7 Å². The number of carbonyl (C=O) groups excluding carboxylic acids is 1. The molecular formula is C17H19N5O2. The molecule has 0 atom stereocenters. The third-order valence-electron chi connectivity index (χ3n) is 3.68. The summed E-state index contributed by atoms with van der Waals surface area (Å²) in [6.45, 7) is 1.98. The van der Waals surface area contributed by atoms with Crippen molar-refractivity contribution in [3.63, 3.8) is 0 Å². The predicted molar refractivity (Wildman–Crippen MR) is 90.9 cm³/mol. The Balaban J connectivity index is 1.98. The Bertz CT molecular complexity index is 888. The van der Waals surface area contributed by atoms with E-state index in [0.29, 0.717) is 17.3 Å². The van der Waals surface area contributed by atoms with Crippen LogP contribution < -0.4 is 4.90 Å². The highest BCUT2D eigenvalue weighted by Gasteiger charge is 2.19. The quantitative estimate of drug-likeness (QED) is 0.732. The number of rotatable bonds is 4. The molecule has 0 unspecified atom stereocenters. The van der Waals surface area contributed by atoms with Crippen LogP contribution in [0, 0.1) is 6.92 Å². The lowest BCUT2D eigenvalue weighted by Crippen LogP contribution is -2.27. The molecule has 0 aliphatic heterocycles. The van der Waals surface area contributed by atoms with Gasteiger partial charge >= 0.3 is 0 Å². The molecule has 0 fully saturated rings. The summed E-state index contributed by atoms with van der Waals surface area (Å²) in [5.41, 5.74) is 1.39. The van der Waals surface area contributed by atoms with E-state index in [1.807, 2.05) is 43.3 Å². The van der Waals surface area contributed by atoms with Crippen molar-refractivity contribution < 1.29 is 9.21 Å². The smallest absolute Gasteiger partial charge is 0.254 e. The van der Waals surface area contributed by atoms with Crippen molar-refractivity contribution in [1.82, 2.24) is 20.1 Å². The topological polar surface area (TPSA) is 75.4 Å². The van der Waals surface area contributed by atoms with Gasteiger partial charge in [0.2, 0.25) is 11.8 Å². The SMILES string of the molecule is Cc1nnc(CN(C)C(=O)c2cc(N(C)C)nc3ccccc23)o1. The van der Waals surface area contributed by atoms with Crippen LogP contribution in [-0.2, 0) is 6.54 Å². The van der Waals surface area contributed by atoms with E-state index in [1.54, 1.807) is 24.9 Å². The highest BCUT2D eigenvalue weighted by atomic mass is 16.4. The average Bonchev–Trinajstić information content (AvgIpc) is 2.97. The van der Waals surface area contributed by atoms with Crippen LogP contribution in [0.3, 0.4) is 0 Å². The molecule has 7 heteroatoms. The molecule has 0 spiro atoms. The first-order chi connectivity index (χ1) is 11.5. The molecule has 7 nitrogen and oxygen atoms in total. The lowest BCUT2D eigenvalue weighted by atomic mass is 10.1. The zero-order chi connectivity index (χ0) is 17.3. The third-order valence-corrected chi connectivity index (χ3v) is 3.68. The lowest BCUT2D eigenvalue weighted by molar-refractivity contribution is 0.0774. The Kier molecular flexibility index (Phi) is 4.16. The van der Waals surface area contributed by atoms with Gasteiger partial charge in [-0.1, -0.05) is 18.2 Å². The molecule has 0 saturated carbocycles. The number of carbonyl (C=O) groups is 1. The first-order valence-electron chi connectivity index (χ1n) is 7.57. The molecule has 0 radical (unpaired) electrons. The molecule has 0 aliphatic carbocycles. The molecule has 0 saturated heterocycles. The first kappa shape index (κ1) is 15.9. The number of benzene rings is 1. The molecule has 0 bridgehead atoms. The second-order valence-electron chi connectivity index (χ2n) is 5.82. The van der Waals surface area contributed by atoms with E-state index in [1.165, 1.54) is 0 Å². The molecule has 2 heterocycles. The fourth-order valence-electron chi connectivity index (χ4n) is 2.45. The van der Waals surface area contributed by atoms with Crippen molar-refractivity contribution in [3.05, 3.63) is 47.7 Å². The molecule has 0 N–H and O–H groups in total. The summed E-state index contributed by atoms with van der Waals surface area (Å²) in [6, 6.07) is 9.42. The third kappa shape index (κ3) is 3.05. The number of aryl methyl sites for hydroxylation is 1. The normalized spacial score (nSPS) is 10.8. The highest BCUT2D eigenvalue weighted by molar-refractivity contribution is 6.06. The van der Waals surface area contributed by atoms with E-state index >= 15 is 0 Å². The number of amides is 1. The molecule has 3 rings (SSSR count). The summed E-state index contributed by atoms with van der Waals surface area (Å²) >= 11 is 0. The lowest BCUT2D eigenvalue weighted by Gasteiger charge is -2.19. The van der Waals surface area contributed by atoms with E-state index in [4.69, 9.17) is 4.42 Å². The average molecular weight is 325 g/mol. The van der Waals surface area contributed by atoms with Crippen LogP contribution in [0.5, 0.6) is 0 Å². The van der Waals surface area contributed by atoms with Crippen LogP contribution in [0.15, 0.2) is 34.7 Å². The zero-order valence-corrected chi connectivity index (χ0v) is 14.1. The van der Waals surface area contributed by atoms with Crippen LogP contribution in [0.2, 0.25) is 0 Å². The van der Waals surface area contributed by atoms with E-state index in [9.17, 15) is 4.79 Å². The predicted octanol–water partition coefficient (Wildman–Crippen LogP) is 2.26. The van der Waals surface area contributed by atoms with Gasteiger partial charge in [0.05, 0.1) is 17.6 Å². The fourth-order valence-corrected chi connectivity index (χ4v) is 2.45. The minimum Gasteiger partial charge on any atom is -0.424 e. The zero-order valence-electron chi connectivity index (χ0n) is 14.1. The molecule has 124 valence electrons. The number of hydrogen-bond donors (Lipinski definition) is 0. The van der Waals surface area contributed by atoms with Crippen LogP contribution in [0.25, 0.3) is 10.9 Å². The van der Waals surface area contributed by atoms with Gasteiger partial charge < -0.3 is 14.2 Å². The Morgan fingerprint density at radius 2 is 1.92 bits per heavy atom. The largest absolute Gasteiger partial charge is 0.424 e. The Labute approximate surface area is 139 Å². The van der Waals surface area contributed by atoms with Gasteiger partial charge in [0, 0.05) is 33.5 Å². The summed E-state index contributed by atoms with van der Waals surface area (Å²) in [6.07, 6.45) is 0. The number of pyridine rings is 1. The van der Waals surface area contributed by atoms with Gasteiger partial charge in [-0.2, -0.15) is 0 Å². The van der Waals surface area contributed by atoms with Gasteiger partial charge in [0.15, 0.2) is 0 Å². The van der Waals surface area contributed by atoms with Crippen molar-refractivity contribution in [2.75, 3.05) is 26.0 Å². The van der Waals surface area contributed by atoms with Gasteiger partial charge in [-0.3, -0.25) is 4.79 Å². The number of para-hydroxylation sites is 1. The van der Waals surface area contributed by atoms with Crippen molar-refractivity contribution >= 4 is 22.6 Å². The maximum atomic E-state index is 12.9. The molecule has 2 aromatic heterocycles. The van der Waals surface area contributed by atoms with Gasteiger partial charge in [-0.05, 0) is 12.1 Å². The first-order valence-corrected chi connectivity index (χ1v) is 7.57. The van der Waals surface area contributed by atoms with Crippen LogP contribution >= 0.6 is 0 Å². The van der Waals surface area contributed by atoms with Crippen molar-refractivity contribution in [2.45, 2.75) is 13.5 Å². The maximum absolute atomic E-state index is 12.9. The number of hydrogen-bond acceptors (Lipinski definition) is 6. The fraction of sp³-hybridized carbons (Fsp3) is 0.294. The van der Waals surface area contributed by atoms with Crippen LogP contribution in [0.4, 0.5) is 5.82 Å².